The molecule has 0 fully saturated rings. The number of carbonyl (C=O) groups is 1. The summed E-state index contributed by atoms with van der Waals surface area (Å²) >= 11 is 0. The minimum atomic E-state index is -1.84. The molecule has 1 aromatic carbocycles. The van der Waals surface area contributed by atoms with Crippen LogP contribution in [0.1, 0.15) is 43.6 Å². The van der Waals surface area contributed by atoms with E-state index in [2.05, 4.69) is 33.9 Å². The molecule has 4 heteroatoms. The lowest BCUT2D eigenvalue weighted by Crippen LogP contribution is -2.43. The fraction of sp³-hybridized carbons (Fsp3) is 0.562. The van der Waals surface area contributed by atoms with Crippen LogP contribution in [0.4, 0.5) is 0 Å². The first kappa shape index (κ1) is 16.8. The number of esters is 1. The van der Waals surface area contributed by atoms with Crippen molar-refractivity contribution in [2.75, 3.05) is 6.61 Å². The molecule has 0 N–H and O–H groups in total. The lowest BCUT2D eigenvalue weighted by atomic mass is 10.1. The summed E-state index contributed by atoms with van der Waals surface area (Å²) in [6.45, 7) is 15.1. The van der Waals surface area contributed by atoms with E-state index in [1.807, 2.05) is 26.0 Å². The van der Waals surface area contributed by atoms with Crippen molar-refractivity contribution in [2.24, 2.45) is 0 Å². The van der Waals surface area contributed by atoms with E-state index in [9.17, 15) is 4.79 Å². The van der Waals surface area contributed by atoms with Crippen molar-refractivity contribution in [1.29, 1.82) is 0 Å². The van der Waals surface area contributed by atoms with E-state index in [1.165, 1.54) is 0 Å². The van der Waals surface area contributed by atoms with E-state index in [1.54, 1.807) is 6.07 Å². The van der Waals surface area contributed by atoms with Crippen LogP contribution in [0, 0.1) is 6.92 Å². The number of hydrogen-bond acceptors (Lipinski definition) is 3. The van der Waals surface area contributed by atoms with Gasteiger partial charge in [0, 0.05) is 0 Å². The first-order chi connectivity index (χ1) is 9.08. The van der Waals surface area contributed by atoms with Crippen LogP contribution < -0.4 is 4.43 Å². The fourth-order valence-corrected chi connectivity index (χ4v) is 2.61. The number of ether oxygens (including phenoxy) is 1. The molecule has 0 saturated heterocycles. The predicted octanol–water partition coefficient (Wildman–Crippen LogP) is 4.56. The molecule has 1 aromatic rings. The number of hydrogen-bond donors (Lipinski definition) is 0. The molecule has 20 heavy (non-hydrogen) atoms. The minimum absolute atomic E-state index is 0.153. The Bertz CT molecular complexity index is 487. The monoisotopic (exact) mass is 294 g/mol. The van der Waals surface area contributed by atoms with Crippen LogP contribution in [0.25, 0.3) is 0 Å². The maximum absolute atomic E-state index is 11.8. The molecular formula is C16H26O3Si. The van der Waals surface area contributed by atoms with Crippen LogP contribution in [0.5, 0.6) is 5.75 Å². The van der Waals surface area contributed by atoms with E-state index in [0.29, 0.717) is 12.2 Å². The molecule has 112 valence electrons. The van der Waals surface area contributed by atoms with Crippen molar-refractivity contribution in [1.82, 2.24) is 0 Å². The van der Waals surface area contributed by atoms with E-state index in [4.69, 9.17) is 9.16 Å². The Morgan fingerprint density at radius 2 is 1.85 bits per heavy atom. The second-order valence-corrected chi connectivity index (χ2v) is 11.3. The Kier molecular flexibility index (Phi) is 5.03. The number of rotatable bonds is 4. The summed E-state index contributed by atoms with van der Waals surface area (Å²) < 4.78 is 11.3. The van der Waals surface area contributed by atoms with Gasteiger partial charge in [-0.25, -0.2) is 4.79 Å². The van der Waals surface area contributed by atoms with Crippen LogP contribution in [0.2, 0.25) is 18.1 Å². The van der Waals surface area contributed by atoms with Crippen molar-refractivity contribution >= 4 is 14.3 Å². The molecule has 0 unspecified atom stereocenters. The summed E-state index contributed by atoms with van der Waals surface area (Å²) in [5.74, 6) is 0.561. The van der Waals surface area contributed by atoms with Crippen molar-refractivity contribution in [3.63, 3.8) is 0 Å². The van der Waals surface area contributed by atoms with Gasteiger partial charge in [0.2, 0.25) is 8.32 Å². The van der Waals surface area contributed by atoms with Gasteiger partial charge in [0.05, 0.1) is 12.2 Å². The lowest BCUT2D eigenvalue weighted by molar-refractivity contribution is 0.0525. The van der Waals surface area contributed by atoms with Crippen LogP contribution >= 0.6 is 0 Å². The zero-order valence-corrected chi connectivity index (χ0v) is 14.7. The second-order valence-electron chi connectivity index (χ2n) is 6.56. The maximum atomic E-state index is 11.8. The highest BCUT2D eigenvalue weighted by atomic mass is 28.4. The average Bonchev–Trinajstić information content (AvgIpc) is 2.27. The zero-order chi connectivity index (χ0) is 15.6. The van der Waals surface area contributed by atoms with E-state index >= 15 is 0 Å². The van der Waals surface area contributed by atoms with Gasteiger partial charge < -0.3 is 9.16 Å². The third-order valence-corrected chi connectivity index (χ3v) is 8.23. The van der Waals surface area contributed by atoms with Gasteiger partial charge in [-0.1, -0.05) is 20.8 Å². The van der Waals surface area contributed by atoms with Crippen molar-refractivity contribution in [3.05, 3.63) is 29.3 Å². The van der Waals surface area contributed by atoms with Crippen LogP contribution in [0.15, 0.2) is 18.2 Å². The fourth-order valence-electron chi connectivity index (χ4n) is 1.59. The quantitative estimate of drug-likeness (QED) is 0.603. The van der Waals surface area contributed by atoms with Gasteiger partial charge >= 0.3 is 5.97 Å². The SMILES string of the molecule is CCOC(=O)c1ccc(O[Si](C)(C)C(C)(C)C)cc1C. The molecule has 0 aliphatic rings. The number of aryl methyl sites for hydroxylation is 1. The van der Waals surface area contributed by atoms with Gasteiger partial charge in [-0.3, -0.25) is 0 Å². The Morgan fingerprint density at radius 1 is 1.25 bits per heavy atom. The highest BCUT2D eigenvalue weighted by Gasteiger charge is 2.39. The molecular weight excluding hydrogens is 268 g/mol. The summed E-state index contributed by atoms with van der Waals surface area (Å²) in [5, 5.41) is 0.153. The standard InChI is InChI=1S/C16H26O3Si/c1-8-18-15(17)14-10-9-13(11-12(14)2)19-20(6,7)16(3,4)5/h9-11H,8H2,1-7H3. The number of carbonyl (C=O) groups excluding carboxylic acids is 1. The third-order valence-electron chi connectivity index (χ3n) is 3.87. The molecule has 0 radical (unpaired) electrons. The van der Waals surface area contributed by atoms with Crippen molar-refractivity contribution in [2.45, 2.75) is 52.8 Å². The minimum Gasteiger partial charge on any atom is -0.543 e. The maximum Gasteiger partial charge on any atom is 0.338 e. The molecule has 0 aromatic heterocycles. The molecule has 1 rings (SSSR count). The van der Waals surface area contributed by atoms with Crippen LogP contribution in [-0.4, -0.2) is 20.9 Å². The summed E-state index contributed by atoms with van der Waals surface area (Å²) in [4.78, 5) is 11.8. The van der Waals surface area contributed by atoms with Crippen molar-refractivity contribution < 1.29 is 14.0 Å². The highest BCUT2D eigenvalue weighted by molar-refractivity contribution is 6.74. The Morgan fingerprint density at radius 3 is 2.30 bits per heavy atom. The van der Waals surface area contributed by atoms with Gasteiger partial charge in [-0.15, -0.1) is 0 Å². The van der Waals surface area contributed by atoms with E-state index in [-0.39, 0.29) is 11.0 Å². The molecule has 0 aliphatic carbocycles. The highest BCUT2D eigenvalue weighted by Crippen LogP contribution is 2.37. The first-order valence-corrected chi connectivity index (χ1v) is 9.96. The molecule has 0 atom stereocenters. The molecule has 0 heterocycles. The molecule has 0 spiro atoms. The van der Waals surface area contributed by atoms with Gasteiger partial charge in [0.15, 0.2) is 0 Å². The topological polar surface area (TPSA) is 35.5 Å². The van der Waals surface area contributed by atoms with Crippen molar-refractivity contribution in [3.8, 4) is 5.75 Å². The predicted molar refractivity (Wildman–Crippen MR) is 85.0 cm³/mol. The average molecular weight is 294 g/mol. The second kappa shape index (κ2) is 6.00. The molecule has 0 aliphatic heterocycles. The Labute approximate surface area is 123 Å². The largest absolute Gasteiger partial charge is 0.543 e. The number of benzene rings is 1. The van der Waals surface area contributed by atoms with E-state index in [0.717, 1.165) is 11.3 Å². The van der Waals surface area contributed by atoms with E-state index < -0.39 is 8.32 Å². The smallest absolute Gasteiger partial charge is 0.338 e. The normalized spacial score (nSPS) is 12.2. The molecule has 0 bridgehead atoms. The third kappa shape index (κ3) is 3.85. The van der Waals surface area contributed by atoms with Gasteiger partial charge in [0.25, 0.3) is 0 Å². The van der Waals surface area contributed by atoms with Gasteiger partial charge in [-0.2, -0.15) is 0 Å². The summed E-state index contributed by atoms with van der Waals surface area (Å²) in [5.41, 5.74) is 1.49. The molecule has 3 nitrogen and oxygen atoms in total. The molecule has 0 saturated carbocycles. The van der Waals surface area contributed by atoms with Gasteiger partial charge in [-0.05, 0) is 55.7 Å². The first-order valence-electron chi connectivity index (χ1n) is 7.05. The Balaban J connectivity index is 2.96. The van der Waals surface area contributed by atoms with Crippen LogP contribution in [0.3, 0.4) is 0 Å². The molecule has 0 amide bonds. The van der Waals surface area contributed by atoms with Crippen LogP contribution in [-0.2, 0) is 4.74 Å². The summed E-state index contributed by atoms with van der Waals surface area (Å²) in [7, 11) is -1.84. The van der Waals surface area contributed by atoms with Gasteiger partial charge in [0.1, 0.15) is 5.75 Å². The lowest BCUT2D eigenvalue weighted by Gasteiger charge is -2.36. The Hall–Kier alpha value is -1.29. The summed E-state index contributed by atoms with van der Waals surface area (Å²) in [6, 6.07) is 5.57. The zero-order valence-electron chi connectivity index (χ0n) is 13.7. The summed E-state index contributed by atoms with van der Waals surface area (Å²) in [6.07, 6.45) is 0.